The number of hydrazone groups is 1. The van der Waals surface area contributed by atoms with Gasteiger partial charge in [0.05, 0.1) is 17.4 Å². The largest absolute Gasteiger partial charge is 0.309 e. The van der Waals surface area contributed by atoms with Crippen molar-refractivity contribution >= 4 is 45.4 Å². The molecule has 3 nitrogen and oxygen atoms in total. The number of thioether (sulfide) groups is 1. The number of benzene rings is 3. The van der Waals surface area contributed by atoms with Crippen molar-refractivity contribution in [3.63, 3.8) is 0 Å². The second kappa shape index (κ2) is 8.42. The fraction of sp³-hybridized carbons (Fsp3) is 0.0435. The molecule has 1 N–H and O–H groups in total. The Morgan fingerprint density at radius 1 is 0.929 bits per heavy atom. The number of rotatable bonds is 4. The molecule has 3 aromatic carbocycles. The van der Waals surface area contributed by atoms with E-state index < -0.39 is 0 Å². The molecule has 0 aliphatic rings. The molecule has 0 fully saturated rings. The summed E-state index contributed by atoms with van der Waals surface area (Å²) < 4.78 is 2.93. The normalized spacial score (nSPS) is 11.2. The van der Waals surface area contributed by atoms with Crippen LogP contribution in [0.25, 0.3) is 27.8 Å². The number of thiocarbonyl (C=S) groups is 1. The van der Waals surface area contributed by atoms with Crippen LogP contribution in [0, 0.1) is 0 Å². The molecule has 28 heavy (non-hydrogen) atoms. The van der Waals surface area contributed by atoms with Crippen molar-refractivity contribution in [3.8, 4) is 16.9 Å². The van der Waals surface area contributed by atoms with Crippen LogP contribution in [0.2, 0.25) is 0 Å². The number of hydrogen-bond acceptors (Lipinski definition) is 3. The van der Waals surface area contributed by atoms with Crippen molar-refractivity contribution in [2.45, 2.75) is 0 Å². The van der Waals surface area contributed by atoms with E-state index >= 15 is 0 Å². The van der Waals surface area contributed by atoms with Crippen LogP contribution in [-0.4, -0.2) is 21.4 Å². The summed E-state index contributed by atoms with van der Waals surface area (Å²) in [5.74, 6) is 0. The zero-order valence-corrected chi connectivity index (χ0v) is 17.0. The SMILES string of the molecule is CSC(=S)N/N=C\c1c(-c2ccccc2)n(-c2ccccc2)c2ccccc12. The van der Waals surface area contributed by atoms with Gasteiger partial charge in [0, 0.05) is 16.6 Å². The molecule has 4 aromatic rings. The number of para-hydroxylation sites is 2. The fourth-order valence-corrected chi connectivity index (χ4v) is 3.51. The van der Waals surface area contributed by atoms with Gasteiger partial charge in [-0.15, -0.1) is 0 Å². The van der Waals surface area contributed by atoms with Crippen molar-refractivity contribution in [2.75, 3.05) is 6.26 Å². The summed E-state index contributed by atoms with van der Waals surface area (Å²) in [7, 11) is 0. The van der Waals surface area contributed by atoms with E-state index in [-0.39, 0.29) is 0 Å². The van der Waals surface area contributed by atoms with Crippen molar-refractivity contribution in [2.24, 2.45) is 5.10 Å². The maximum atomic E-state index is 5.21. The third kappa shape index (κ3) is 3.59. The Kier molecular flexibility index (Phi) is 5.55. The topological polar surface area (TPSA) is 29.3 Å². The summed E-state index contributed by atoms with van der Waals surface area (Å²) >= 11 is 6.68. The van der Waals surface area contributed by atoms with Gasteiger partial charge in [-0.2, -0.15) is 5.10 Å². The molecule has 0 atom stereocenters. The van der Waals surface area contributed by atoms with E-state index in [1.54, 1.807) is 0 Å². The highest BCUT2D eigenvalue weighted by Crippen LogP contribution is 2.35. The summed E-state index contributed by atoms with van der Waals surface area (Å²) in [4.78, 5) is 0. The highest BCUT2D eigenvalue weighted by Gasteiger charge is 2.18. The predicted octanol–water partition coefficient (Wildman–Crippen LogP) is 5.87. The summed E-state index contributed by atoms with van der Waals surface area (Å²) in [5, 5.41) is 5.55. The molecule has 5 heteroatoms. The standard InChI is InChI=1S/C23H19N3S2/c1-28-23(27)25-24-16-20-19-14-8-9-15-21(19)26(18-12-6-3-7-13-18)22(20)17-10-4-2-5-11-17/h2-16H,1H3,(H,25,27)/b24-16-. The Bertz CT molecular complexity index is 1130. The Labute approximate surface area is 174 Å². The van der Waals surface area contributed by atoms with Gasteiger partial charge in [0.2, 0.25) is 0 Å². The predicted molar refractivity (Wildman–Crippen MR) is 126 cm³/mol. The van der Waals surface area contributed by atoms with Gasteiger partial charge < -0.3 is 4.57 Å². The number of nitrogens with zero attached hydrogens (tertiary/aromatic N) is 2. The first-order valence-corrected chi connectivity index (χ1v) is 10.5. The molecule has 0 unspecified atom stereocenters. The number of fused-ring (bicyclic) bond motifs is 1. The summed E-state index contributed by atoms with van der Waals surface area (Å²) in [6.07, 6.45) is 3.80. The van der Waals surface area contributed by atoms with E-state index in [0.29, 0.717) is 4.32 Å². The van der Waals surface area contributed by atoms with Gasteiger partial charge in [0.25, 0.3) is 0 Å². The smallest absolute Gasteiger partial charge is 0.153 e. The number of aromatic nitrogens is 1. The molecule has 4 rings (SSSR count). The Morgan fingerprint density at radius 2 is 1.57 bits per heavy atom. The van der Waals surface area contributed by atoms with Gasteiger partial charge in [-0.3, -0.25) is 5.43 Å². The van der Waals surface area contributed by atoms with Crippen LogP contribution in [-0.2, 0) is 0 Å². The van der Waals surface area contributed by atoms with E-state index in [4.69, 9.17) is 12.2 Å². The minimum absolute atomic E-state index is 0.643. The maximum Gasteiger partial charge on any atom is 0.153 e. The van der Waals surface area contributed by atoms with Crippen LogP contribution in [0.5, 0.6) is 0 Å². The van der Waals surface area contributed by atoms with Gasteiger partial charge in [0.1, 0.15) is 0 Å². The third-order valence-electron chi connectivity index (χ3n) is 4.51. The highest BCUT2D eigenvalue weighted by molar-refractivity contribution is 8.22. The van der Waals surface area contributed by atoms with Crippen LogP contribution in [0.4, 0.5) is 0 Å². The Balaban J connectivity index is 2.01. The van der Waals surface area contributed by atoms with Crippen molar-refractivity contribution in [1.82, 2.24) is 9.99 Å². The van der Waals surface area contributed by atoms with E-state index in [2.05, 4.69) is 87.9 Å². The van der Waals surface area contributed by atoms with E-state index in [1.165, 1.54) is 11.8 Å². The minimum Gasteiger partial charge on any atom is -0.309 e. The summed E-state index contributed by atoms with van der Waals surface area (Å²) in [6.45, 7) is 0. The van der Waals surface area contributed by atoms with Crippen LogP contribution in [0.3, 0.4) is 0 Å². The molecule has 0 radical (unpaired) electrons. The summed E-state index contributed by atoms with van der Waals surface area (Å²) in [5.41, 5.74) is 8.48. The second-order valence-electron chi connectivity index (χ2n) is 6.18. The summed E-state index contributed by atoms with van der Waals surface area (Å²) in [6, 6.07) is 29.2. The van der Waals surface area contributed by atoms with E-state index in [1.807, 2.05) is 24.6 Å². The monoisotopic (exact) mass is 401 g/mol. The van der Waals surface area contributed by atoms with E-state index in [9.17, 15) is 0 Å². The van der Waals surface area contributed by atoms with Crippen LogP contribution in [0.1, 0.15) is 5.56 Å². The molecule has 138 valence electrons. The molecule has 0 saturated heterocycles. The lowest BCUT2D eigenvalue weighted by Gasteiger charge is -2.12. The molecular formula is C23H19N3S2. The van der Waals surface area contributed by atoms with Gasteiger partial charge in [-0.05, 0) is 30.0 Å². The quantitative estimate of drug-likeness (QED) is 0.263. The molecular weight excluding hydrogens is 382 g/mol. The average molecular weight is 402 g/mol. The first kappa shape index (κ1) is 18.5. The molecule has 0 aliphatic carbocycles. The first-order valence-electron chi connectivity index (χ1n) is 8.91. The van der Waals surface area contributed by atoms with E-state index in [0.717, 1.165) is 33.4 Å². The van der Waals surface area contributed by atoms with Gasteiger partial charge in [-0.25, -0.2) is 0 Å². The Morgan fingerprint density at radius 3 is 2.29 bits per heavy atom. The average Bonchev–Trinajstić information content (AvgIpc) is 3.09. The number of hydrogen-bond donors (Lipinski definition) is 1. The molecule has 0 amide bonds. The lowest BCUT2D eigenvalue weighted by Crippen LogP contribution is -2.10. The van der Waals surface area contributed by atoms with Crippen molar-refractivity contribution in [3.05, 3.63) is 90.5 Å². The molecule has 0 saturated carbocycles. The van der Waals surface area contributed by atoms with Crippen LogP contribution < -0.4 is 5.43 Å². The maximum absolute atomic E-state index is 5.21. The highest BCUT2D eigenvalue weighted by atomic mass is 32.2. The van der Waals surface area contributed by atoms with Crippen molar-refractivity contribution in [1.29, 1.82) is 0 Å². The van der Waals surface area contributed by atoms with Gasteiger partial charge >= 0.3 is 0 Å². The minimum atomic E-state index is 0.643. The fourth-order valence-electron chi connectivity index (χ4n) is 3.32. The first-order chi connectivity index (χ1) is 13.8. The van der Waals surface area contributed by atoms with Crippen molar-refractivity contribution < 1.29 is 0 Å². The zero-order valence-electron chi connectivity index (χ0n) is 15.4. The molecule has 1 aromatic heterocycles. The lowest BCUT2D eigenvalue weighted by molar-refractivity contribution is 1.07. The third-order valence-corrected chi connectivity index (χ3v) is 5.56. The molecule has 0 bridgehead atoms. The zero-order chi connectivity index (χ0) is 19.3. The molecule has 0 aliphatic heterocycles. The molecule has 1 heterocycles. The number of nitrogens with one attached hydrogen (secondary N) is 1. The van der Waals surface area contributed by atoms with Crippen LogP contribution >= 0.6 is 24.0 Å². The van der Waals surface area contributed by atoms with Gasteiger partial charge in [0.15, 0.2) is 4.32 Å². The second-order valence-corrected chi connectivity index (χ2v) is 7.66. The van der Waals surface area contributed by atoms with Gasteiger partial charge in [-0.1, -0.05) is 90.7 Å². The Hall–Kier alpha value is -2.89. The van der Waals surface area contributed by atoms with Crippen LogP contribution in [0.15, 0.2) is 90.0 Å². The molecule has 0 spiro atoms. The lowest BCUT2D eigenvalue weighted by atomic mass is 10.1.